The zero-order valence-electron chi connectivity index (χ0n) is 15.3. The summed E-state index contributed by atoms with van der Waals surface area (Å²) in [7, 11) is 1.55. The lowest BCUT2D eigenvalue weighted by atomic mass is 10.2. The molecule has 0 fully saturated rings. The highest BCUT2D eigenvalue weighted by atomic mass is 16.5. The molecule has 144 valence electrons. The van der Waals surface area contributed by atoms with Crippen molar-refractivity contribution in [2.45, 2.75) is 19.9 Å². The van der Waals surface area contributed by atoms with Gasteiger partial charge in [-0.05, 0) is 42.8 Å². The van der Waals surface area contributed by atoms with Crippen molar-refractivity contribution in [3.63, 3.8) is 0 Å². The first kappa shape index (κ1) is 20.0. The van der Waals surface area contributed by atoms with Crippen LogP contribution in [-0.2, 0) is 11.3 Å². The number of rotatable bonds is 9. The Labute approximate surface area is 157 Å². The van der Waals surface area contributed by atoms with Gasteiger partial charge in [0.15, 0.2) is 0 Å². The quantitative estimate of drug-likeness (QED) is 0.701. The highest BCUT2D eigenvalue weighted by Gasteiger charge is 2.10. The van der Waals surface area contributed by atoms with Crippen molar-refractivity contribution in [2.24, 2.45) is 0 Å². The maximum Gasteiger partial charge on any atom is 0.317 e. The lowest BCUT2D eigenvalue weighted by molar-refractivity contribution is -0.137. The molecule has 0 aliphatic heterocycles. The molecule has 8 heteroatoms. The molecule has 0 saturated carbocycles. The van der Waals surface area contributed by atoms with E-state index in [9.17, 15) is 9.59 Å². The molecule has 0 atom stereocenters. The summed E-state index contributed by atoms with van der Waals surface area (Å²) < 4.78 is 11.1. The number of carbonyl (C=O) groups excluding carboxylic acids is 1. The van der Waals surface area contributed by atoms with Crippen molar-refractivity contribution in [3.8, 4) is 17.4 Å². The highest BCUT2D eigenvalue weighted by Crippen LogP contribution is 2.23. The molecule has 2 aromatic rings. The van der Waals surface area contributed by atoms with Crippen LogP contribution in [-0.4, -0.2) is 47.2 Å². The molecule has 2 rings (SSSR count). The van der Waals surface area contributed by atoms with Crippen molar-refractivity contribution in [3.05, 3.63) is 48.2 Å². The van der Waals surface area contributed by atoms with Gasteiger partial charge >= 0.3 is 12.0 Å². The summed E-state index contributed by atoms with van der Waals surface area (Å²) in [6, 6.07) is 10.4. The lowest BCUT2D eigenvalue weighted by Gasteiger charge is -2.17. The van der Waals surface area contributed by atoms with Gasteiger partial charge in [0.1, 0.15) is 11.5 Å². The molecule has 0 aliphatic carbocycles. The van der Waals surface area contributed by atoms with Gasteiger partial charge in [0.25, 0.3) is 0 Å². The number of carboxylic acids is 1. The summed E-state index contributed by atoms with van der Waals surface area (Å²) in [5.74, 6) is 0.854. The second-order valence-electron chi connectivity index (χ2n) is 5.73. The fraction of sp³-hybridized carbons (Fsp3) is 0.316. The van der Waals surface area contributed by atoms with Gasteiger partial charge in [-0.1, -0.05) is 0 Å². The number of aliphatic carboxylic acids is 1. The van der Waals surface area contributed by atoms with E-state index in [-0.39, 0.29) is 25.5 Å². The van der Waals surface area contributed by atoms with Crippen LogP contribution in [0.3, 0.4) is 0 Å². The Morgan fingerprint density at radius 2 is 1.89 bits per heavy atom. The van der Waals surface area contributed by atoms with Gasteiger partial charge < -0.3 is 24.8 Å². The molecule has 27 heavy (non-hydrogen) atoms. The maximum absolute atomic E-state index is 12.0. The minimum atomic E-state index is -0.945. The van der Waals surface area contributed by atoms with Crippen LogP contribution in [0.1, 0.15) is 18.9 Å². The number of nitrogens with zero attached hydrogens (tertiary/aromatic N) is 2. The molecule has 2 N–H and O–H groups in total. The Kier molecular flexibility index (Phi) is 7.42. The number of nitrogens with one attached hydrogen (secondary N) is 1. The molecule has 0 saturated heterocycles. The standard InChI is InChI=1S/C19H23N3O5/c1-3-26-15-4-6-16(7-5-15)27-17-12-14(8-10-20-17)13-21-19(25)22(2)11-9-18(23)24/h4-8,10,12H,3,9,11,13H2,1-2H3,(H,21,25)(H,23,24). The first-order valence-corrected chi connectivity index (χ1v) is 8.54. The number of ether oxygens (including phenoxy) is 2. The number of carboxylic acid groups (broad SMARTS) is 1. The largest absolute Gasteiger partial charge is 0.494 e. The first-order chi connectivity index (χ1) is 13.0. The molecule has 0 unspecified atom stereocenters. The van der Waals surface area contributed by atoms with E-state index in [4.69, 9.17) is 14.6 Å². The fourth-order valence-corrected chi connectivity index (χ4v) is 2.19. The predicted octanol–water partition coefficient (Wildman–Crippen LogP) is 2.89. The molecule has 1 heterocycles. The minimum absolute atomic E-state index is 0.0980. The van der Waals surface area contributed by atoms with Gasteiger partial charge in [-0.15, -0.1) is 0 Å². The van der Waals surface area contributed by atoms with Gasteiger partial charge in [0.05, 0.1) is 13.0 Å². The van der Waals surface area contributed by atoms with Crippen LogP contribution in [0.2, 0.25) is 0 Å². The zero-order chi connectivity index (χ0) is 19.6. The normalized spacial score (nSPS) is 10.1. The summed E-state index contributed by atoms with van der Waals surface area (Å²) in [4.78, 5) is 28.0. The second-order valence-corrected chi connectivity index (χ2v) is 5.73. The molecular formula is C19H23N3O5. The summed E-state index contributed by atoms with van der Waals surface area (Å²) in [6.07, 6.45) is 1.50. The third-order valence-corrected chi connectivity index (χ3v) is 3.61. The third-order valence-electron chi connectivity index (χ3n) is 3.61. The Hall–Kier alpha value is -3.29. The molecular weight excluding hydrogens is 350 g/mol. The van der Waals surface area contributed by atoms with Gasteiger partial charge in [0.2, 0.25) is 5.88 Å². The third kappa shape index (κ3) is 6.85. The summed E-state index contributed by atoms with van der Waals surface area (Å²) in [6.45, 7) is 2.94. The smallest absolute Gasteiger partial charge is 0.317 e. The van der Waals surface area contributed by atoms with Gasteiger partial charge in [-0.25, -0.2) is 9.78 Å². The molecule has 8 nitrogen and oxygen atoms in total. The predicted molar refractivity (Wildman–Crippen MR) is 99.0 cm³/mol. The molecule has 0 radical (unpaired) electrons. The molecule has 0 aliphatic rings. The lowest BCUT2D eigenvalue weighted by Crippen LogP contribution is -2.37. The molecule has 0 bridgehead atoms. The van der Waals surface area contributed by atoms with Gasteiger partial charge in [-0.2, -0.15) is 0 Å². The summed E-state index contributed by atoms with van der Waals surface area (Å²) in [5, 5.41) is 11.4. The van der Waals surface area contributed by atoms with E-state index in [0.29, 0.717) is 18.2 Å². The van der Waals surface area contributed by atoms with E-state index in [1.165, 1.54) is 4.90 Å². The number of aromatic nitrogens is 1. The van der Waals surface area contributed by atoms with Crippen LogP contribution in [0.15, 0.2) is 42.6 Å². The van der Waals surface area contributed by atoms with E-state index in [1.807, 2.05) is 19.1 Å². The van der Waals surface area contributed by atoms with Crippen LogP contribution in [0.4, 0.5) is 4.79 Å². The van der Waals surface area contributed by atoms with E-state index in [0.717, 1.165) is 11.3 Å². The van der Waals surface area contributed by atoms with Crippen LogP contribution in [0.5, 0.6) is 17.4 Å². The SMILES string of the molecule is CCOc1ccc(Oc2cc(CNC(=O)N(C)CCC(=O)O)ccn2)cc1. The van der Waals surface area contributed by atoms with Crippen molar-refractivity contribution in [1.82, 2.24) is 15.2 Å². The van der Waals surface area contributed by atoms with Crippen molar-refractivity contribution >= 4 is 12.0 Å². The number of urea groups is 1. The Bertz CT molecular complexity index is 764. The summed E-state index contributed by atoms with van der Waals surface area (Å²) in [5.41, 5.74) is 0.811. The van der Waals surface area contributed by atoms with Crippen molar-refractivity contribution < 1.29 is 24.2 Å². The van der Waals surface area contributed by atoms with Crippen molar-refractivity contribution in [2.75, 3.05) is 20.2 Å². The van der Waals surface area contributed by atoms with Crippen LogP contribution in [0, 0.1) is 0 Å². The molecule has 2 amide bonds. The number of benzene rings is 1. The fourth-order valence-electron chi connectivity index (χ4n) is 2.19. The number of pyridine rings is 1. The average Bonchev–Trinajstić information content (AvgIpc) is 2.66. The van der Waals surface area contributed by atoms with E-state index in [1.54, 1.807) is 37.5 Å². The topological polar surface area (TPSA) is 101 Å². The van der Waals surface area contributed by atoms with Crippen molar-refractivity contribution in [1.29, 1.82) is 0 Å². The average molecular weight is 373 g/mol. The number of amides is 2. The number of hydrogen-bond acceptors (Lipinski definition) is 5. The Morgan fingerprint density at radius 3 is 2.56 bits per heavy atom. The molecule has 0 spiro atoms. The zero-order valence-corrected chi connectivity index (χ0v) is 15.3. The molecule has 1 aromatic heterocycles. The van der Waals surface area contributed by atoms with Gasteiger partial charge in [0, 0.05) is 32.4 Å². The summed E-state index contributed by atoms with van der Waals surface area (Å²) >= 11 is 0. The molecule has 1 aromatic carbocycles. The van der Waals surface area contributed by atoms with E-state index in [2.05, 4.69) is 10.3 Å². The number of hydrogen-bond donors (Lipinski definition) is 2. The minimum Gasteiger partial charge on any atom is -0.494 e. The number of carbonyl (C=O) groups is 2. The first-order valence-electron chi connectivity index (χ1n) is 8.54. The van der Waals surface area contributed by atoms with Crippen LogP contribution in [0.25, 0.3) is 0 Å². The monoisotopic (exact) mass is 373 g/mol. The Balaban J connectivity index is 1.89. The van der Waals surface area contributed by atoms with E-state index >= 15 is 0 Å². The maximum atomic E-state index is 12.0. The second kappa shape index (κ2) is 10.0. The Morgan fingerprint density at radius 1 is 1.19 bits per heavy atom. The van der Waals surface area contributed by atoms with E-state index < -0.39 is 5.97 Å². The highest BCUT2D eigenvalue weighted by molar-refractivity contribution is 5.75. The van der Waals surface area contributed by atoms with Crippen LogP contribution >= 0.6 is 0 Å². The van der Waals surface area contributed by atoms with Crippen LogP contribution < -0.4 is 14.8 Å². The van der Waals surface area contributed by atoms with Gasteiger partial charge in [-0.3, -0.25) is 4.79 Å².